The third-order valence-electron chi connectivity index (χ3n) is 15.4. The van der Waals surface area contributed by atoms with Gasteiger partial charge in [0.2, 0.25) is 0 Å². The topological polar surface area (TPSA) is 56.3 Å². The van der Waals surface area contributed by atoms with Crippen LogP contribution >= 0.6 is 0 Å². The van der Waals surface area contributed by atoms with Gasteiger partial charge in [-0.2, -0.15) is 12.7 Å². The number of aromatic nitrogens is 5. The van der Waals surface area contributed by atoms with Gasteiger partial charge in [-0.25, -0.2) is 4.98 Å². The van der Waals surface area contributed by atoms with Gasteiger partial charge in [0.15, 0.2) is 0 Å². The summed E-state index contributed by atoms with van der Waals surface area (Å²) in [5, 5.41) is 7.00. The van der Waals surface area contributed by atoms with Crippen molar-refractivity contribution in [1.29, 1.82) is 0 Å². The standard InChI is InChI=1S/C69H56N7O.Pt/c1-43-38-64(70-41-51(43)65-59(74-52-27-14-9-22-45(52)46-23-10-15-28-53(46)74)34-21-35-60(65)75-54-29-16-11-24-47(54)48-25-12-17-30-55(48)75)76-56-31-18-13-26-49(56)50-37-36-44(39-61(50)76)77-63-40-62(66(68(2,3)4)71-67(63)69(5,6)7)73-42-72(8)57-32-19-20-33-58(57)73;/h9-38,41-42H,1-8H3;/q-3;. The summed E-state index contributed by atoms with van der Waals surface area (Å²) >= 11 is 0. The van der Waals surface area contributed by atoms with Crippen LogP contribution < -0.4 is 14.5 Å². The molecule has 0 saturated carbocycles. The van der Waals surface area contributed by atoms with Crippen LogP contribution in [0.2, 0.25) is 0 Å². The number of nitrogens with zero attached hydrogens (tertiary/aromatic N) is 7. The minimum Gasteiger partial charge on any atom is -0.507 e. The zero-order chi connectivity index (χ0) is 52.5. The van der Waals surface area contributed by atoms with E-state index in [0.29, 0.717) is 11.5 Å². The van der Waals surface area contributed by atoms with Crippen molar-refractivity contribution in [2.24, 2.45) is 0 Å². The molecule has 0 fully saturated rings. The average Bonchev–Trinajstić information content (AvgIpc) is 4.34. The predicted octanol–water partition coefficient (Wildman–Crippen LogP) is 17.4. The molecule has 1 aliphatic rings. The molecule has 78 heavy (non-hydrogen) atoms. The molecule has 6 heterocycles. The van der Waals surface area contributed by atoms with Gasteiger partial charge in [-0.1, -0.05) is 162 Å². The molecule has 0 N–H and O–H groups in total. The summed E-state index contributed by atoms with van der Waals surface area (Å²) in [5.41, 5.74) is 16.0. The fourth-order valence-electron chi connectivity index (χ4n) is 11.9. The maximum atomic E-state index is 7.07. The first-order chi connectivity index (χ1) is 37.3. The van der Waals surface area contributed by atoms with Crippen LogP contribution in [-0.4, -0.2) is 30.7 Å². The van der Waals surface area contributed by atoms with Crippen LogP contribution in [-0.2, 0) is 31.9 Å². The Hall–Kier alpha value is -8.45. The van der Waals surface area contributed by atoms with Crippen LogP contribution in [0.4, 0.5) is 17.1 Å². The Kier molecular flexibility index (Phi) is 11.6. The van der Waals surface area contributed by atoms with Crippen molar-refractivity contribution in [2.45, 2.75) is 59.3 Å². The maximum absolute atomic E-state index is 7.07. The molecule has 14 rings (SSSR count). The molecule has 5 aromatic heterocycles. The van der Waals surface area contributed by atoms with Crippen LogP contribution in [0.15, 0.2) is 188 Å². The summed E-state index contributed by atoms with van der Waals surface area (Å²) in [5.74, 6) is 1.91. The molecule has 0 saturated heterocycles. The molecule has 0 radical (unpaired) electrons. The SMILES string of the molecule is Cc1cc(-n2c3[c-]c(Oc4[c-]c(N5[CH-]N(C)c6ccccc65)c(C(C)(C)C)nc4C(C)(C)C)ccc3c3ccccc32)ncc1-c1c(-n2c3ccccc3c3ccccc32)cccc1-n1c2ccccc2c2ccccc21.[Pt]. The number of ether oxygens (including phenoxy) is 1. The summed E-state index contributed by atoms with van der Waals surface area (Å²) in [6.45, 7) is 17.5. The molecular weight excluding hydrogens is 1140 g/mol. The molecule has 13 aromatic rings. The Labute approximate surface area is 469 Å². The fraction of sp³-hybridized carbons (Fsp3) is 0.145. The zero-order valence-corrected chi connectivity index (χ0v) is 47.1. The van der Waals surface area contributed by atoms with Crippen molar-refractivity contribution in [3.63, 3.8) is 0 Å². The van der Waals surface area contributed by atoms with E-state index < -0.39 is 0 Å². The Morgan fingerprint density at radius 1 is 0.487 bits per heavy atom. The van der Waals surface area contributed by atoms with E-state index in [1.807, 2.05) is 6.07 Å². The summed E-state index contributed by atoms with van der Waals surface area (Å²) < 4.78 is 14.2. The summed E-state index contributed by atoms with van der Waals surface area (Å²) in [6.07, 6.45) is 2.08. The van der Waals surface area contributed by atoms with Crippen molar-refractivity contribution in [3.05, 3.63) is 224 Å². The molecule has 386 valence electrons. The smallest absolute Gasteiger partial charge is 0.135 e. The number of aryl methyl sites for hydroxylation is 1. The first kappa shape index (κ1) is 49.1. The number of anilines is 3. The summed E-state index contributed by atoms with van der Waals surface area (Å²) in [4.78, 5) is 15.3. The van der Waals surface area contributed by atoms with Gasteiger partial charge in [0, 0.05) is 88.3 Å². The Balaban J connectivity index is 0.00000579. The Bertz CT molecular complexity index is 4310. The molecule has 1 aliphatic heterocycles. The molecule has 0 spiro atoms. The van der Waals surface area contributed by atoms with Gasteiger partial charge in [-0.05, 0) is 108 Å². The largest absolute Gasteiger partial charge is 0.507 e. The predicted molar refractivity (Wildman–Crippen MR) is 318 cm³/mol. The van der Waals surface area contributed by atoms with Gasteiger partial charge in [-0.3, -0.25) is 0 Å². The third-order valence-corrected chi connectivity index (χ3v) is 15.4. The van der Waals surface area contributed by atoms with E-state index in [0.717, 1.165) is 106 Å². The molecular formula is C69H56N7OPt-3. The molecule has 0 atom stereocenters. The molecule has 8 aromatic carbocycles. The van der Waals surface area contributed by atoms with Crippen LogP contribution in [0.1, 0.15) is 58.5 Å². The van der Waals surface area contributed by atoms with E-state index in [1.165, 1.54) is 21.5 Å². The molecule has 0 amide bonds. The first-order valence-electron chi connectivity index (χ1n) is 26.5. The molecule has 0 aliphatic carbocycles. The van der Waals surface area contributed by atoms with Crippen molar-refractivity contribution < 1.29 is 25.8 Å². The quantitative estimate of drug-likeness (QED) is 0.149. The molecule has 0 bridgehead atoms. The minimum atomic E-state index is -0.364. The van der Waals surface area contributed by atoms with Crippen LogP contribution in [0, 0.1) is 25.7 Å². The summed E-state index contributed by atoms with van der Waals surface area (Å²) in [7, 11) is 2.08. The molecule has 8 nitrogen and oxygen atoms in total. The van der Waals surface area contributed by atoms with Crippen molar-refractivity contribution >= 4 is 82.5 Å². The number of pyridine rings is 2. The Morgan fingerprint density at radius 3 is 1.46 bits per heavy atom. The van der Waals surface area contributed by atoms with Crippen molar-refractivity contribution in [2.75, 3.05) is 16.8 Å². The van der Waals surface area contributed by atoms with Gasteiger partial charge in [0.25, 0.3) is 0 Å². The van der Waals surface area contributed by atoms with Gasteiger partial charge >= 0.3 is 0 Å². The van der Waals surface area contributed by atoms with Gasteiger partial charge in [0.05, 0.1) is 33.4 Å². The van der Waals surface area contributed by atoms with E-state index in [4.69, 9.17) is 14.7 Å². The first-order valence-corrected chi connectivity index (χ1v) is 26.5. The third kappa shape index (κ3) is 7.67. The van der Waals surface area contributed by atoms with Gasteiger partial charge < -0.3 is 33.2 Å². The van der Waals surface area contributed by atoms with E-state index in [1.54, 1.807) is 0 Å². The zero-order valence-electron chi connectivity index (χ0n) is 44.8. The normalized spacial score (nSPS) is 12.9. The average molecular weight is 1190 g/mol. The van der Waals surface area contributed by atoms with Gasteiger partial charge in [-0.15, -0.1) is 23.6 Å². The van der Waals surface area contributed by atoms with Crippen molar-refractivity contribution in [3.8, 4) is 39.8 Å². The van der Waals surface area contributed by atoms with Crippen molar-refractivity contribution in [1.82, 2.24) is 23.7 Å². The number of hydrogen-bond donors (Lipinski definition) is 0. The molecule has 0 unspecified atom stereocenters. The van der Waals surface area contributed by atoms with E-state index in [2.05, 4.69) is 280 Å². The van der Waals surface area contributed by atoms with E-state index in [9.17, 15) is 0 Å². The number of fused-ring (bicyclic) bond motifs is 10. The Morgan fingerprint density at radius 2 is 0.949 bits per heavy atom. The second-order valence-electron chi connectivity index (χ2n) is 22.5. The van der Waals surface area contributed by atoms with E-state index in [-0.39, 0.29) is 31.9 Å². The maximum Gasteiger partial charge on any atom is 0.135 e. The van der Waals surface area contributed by atoms with Crippen LogP contribution in [0.3, 0.4) is 0 Å². The number of rotatable bonds is 7. The monoisotopic (exact) mass is 1190 g/mol. The van der Waals surface area contributed by atoms with Crippen LogP contribution in [0.25, 0.3) is 93.7 Å². The second kappa shape index (κ2) is 18.4. The van der Waals surface area contributed by atoms with Crippen LogP contribution in [0.5, 0.6) is 11.5 Å². The van der Waals surface area contributed by atoms with E-state index >= 15 is 0 Å². The minimum absolute atomic E-state index is 0. The number of para-hydroxylation sites is 7. The second-order valence-corrected chi connectivity index (χ2v) is 22.5. The number of hydrogen-bond acceptors (Lipinski definition) is 5. The molecule has 9 heteroatoms. The summed E-state index contributed by atoms with van der Waals surface area (Å²) in [6, 6.07) is 72.6. The number of benzene rings is 8. The fourth-order valence-corrected chi connectivity index (χ4v) is 11.9. The van der Waals surface area contributed by atoms with Gasteiger partial charge in [0.1, 0.15) is 5.82 Å².